The third kappa shape index (κ3) is 4.06. The minimum absolute atomic E-state index is 0.0838. The lowest BCUT2D eigenvalue weighted by atomic mass is 9.82. The van der Waals surface area contributed by atoms with Gasteiger partial charge < -0.3 is 5.32 Å². The second-order valence-corrected chi connectivity index (χ2v) is 8.69. The summed E-state index contributed by atoms with van der Waals surface area (Å²) >= 11 is 0. The van der Waals surface area contributed by atoms with Gasteiger partial charge >= 0.3 is 0 Å². The molecule has 1 atom stereocenters. The van der Waals surface area contributed by atoms with Crippen molar-refractivity contribution in [2.24, 2.45) is 0 Å². The molecular formula is C21H26N2O3S. The topological polar surface area (TPSA) is 66.5 Å². The molecule has 3 rings (SSSR count). The normalized spacial score (nSPS) is 16.8. The van der Waals surface area contributed by atoms with Crippen LogP contribution in [0.5, 0.6) is 0 Å². The smallest absolute Gasteiger partial charge is 0.243 e. The van der Waals surface area contributed by atoms with Crippen molar-refractivity contribution in [2.45, 2.75) is 43.9 Å². The van der Waals surface area contributed by atoms with Gasteiger partial charge in [0.05, 0.1) is 10.8 Å². The van der Waals surface area contributed by atoms with Gasteiger partial charge in [-0.3, -0.25) is 4.79 Å². The molecule has 0 fully saturated rings. The van der Waals surface area contributed by atoms with Crippen LogP contribution in [0.2, 0.25) is 0 Å². The molecule has 0 saturated carbocycles. The Morgan fingerprint density at radius 3 is 2.59 bits per heavy atom. The van der Waals surface area contributed by atoms with Gasteiger partial charge in [-0.2, -0.15) is 4.31 Å². The zero-order chi connectivity index (χ0) is 19.4. The molecule has 1 aliphatic carbocycles. The molecule has 0 bridgehead atoms. The molecule has 1 aliphatic rings. The fraction of sp³-hybridized carbons (Fsp3) is 0.381. The summed E-state index contributed by atoms with van der Waals surface area (Å²) < 4.78 is 26.8. The molecule has 0 radical (unpaired) electrons. The number of hydrogen-bond donors (Lipinski definition) is 1. The lowest BCUT2D eigenvalue weighted by Crippen LogP contribution is -2.30. The summed E-state index contributed by atoms with van der Waals surface area (Å²) in [5.41, 5.74) is 2.81. The molecule has 27 heavy (non-hydrogen) atoms. The van der Waals surface area contributed by atoms with E-state index in [4.69, 9.17) is 0 Å². The number of amides is 1. The van der Waals surface area contributed by atoms with E-state index in [9.17, 15) is 13.2 Å². The van der Waals surface area contributed by atoms with Gasteiger partial charge in [-0.1, -0.05) is 44.2 Å². The van der Waals surface area contributed by atoms with E-state index >= 15 is 0 Å². The number of nitrogens with one attached hydrogen (secondary N) is 1. The molecule has 0 spiro atoms. The Morgan fingerprint density at radius 2 is 1.85 bits per heavy atom. The number of anilines is 1. The molecule has 1 amide bonds. The summed E-state index contributed by atoms with van der Waals surface area (Å²) in [6.45, 7) is 4.45. The third-order valence-electron chi connectivity index (χ3n) is 5.13. The number of hydrogen-bond acceptors (Lipinski definition) is 3. The maximum atomic E-state index is 12.9. The predicted octanol–water partition coefficient (Wildman–Crippen LogP) is 3.78. The highest BCUT2D eigenvalue weighted by atomic mass is 32.2. The average Bonchev–Trinajstić information content (AvgIpc) is 2.68. The zero-order valence-corrected chi connectivity index (χ0v) is 16.6. The molecule has 0 aromatic heterocycles. The third-order valence-corrected chi connectivity index (χ3v) is 7.18. The molecule has 6 heteroatoms. The van der Waals surface area contributed by atoms with Crippen LogP contribution in [0, 0.1) is 0 Å². The lowest BCUT2D eigenvalue weighted by Gasteiger charge is -2.25. The molecule has 0 unspecified atom stereocenters. The monoisotopic (exact) mass is 386 g/mol. The second-order valence-electron chi connectivity index (χ2n) is 6.75. The van der Waals surface area contributed by atoms with Crippen molar-refractivity contribution < 1.29 is 13.2 Å². The first-order chi connectivity index (χ1) is 13.0. The molecule has 2 aromatic carbocycles. The van der Waals surface area contributed by atoms with Crippen LogP contribution >= 0.6 is 0 Å². The Kier molecular flexibility index (Phi) is 5.97. The lowest BCUT2D eigenvalue weighted by molar-refractivity contribution is -0.117. The standard InChI is InChI=1S/C21H26N2O3S/c1-3-23(4-2)27(25,26)18-12-8-11-17(15-18)22-21(24)20-14-7-10-16-9-5-6-13-19(16)20/h5-6,8-9,11-13,15,20H,3-4,7,10,14H2,1-2H3,(H,22,24)/t20-/m0/s1. The van der Waals surface area contributed by atoms with Crippen molar-refractivity contribution in [3.05, 3.63) is 59.7 Å². The SMILES string of the molecule is CCN(CC)S(=O)(=O)c1cccc(NC(=O)[C@H]2CCCc3ccccc32)c1. The number of aryl methyl sites for hydroxylation is 1. The number of fused-ring (bicyclic) bond motifs is 1. The Morgan fingerprint density at radius 1 is 1.11 bits per heavy atom. The van der Waals surface area contributed by atoms with Gasteiger partial charge in [0.2, 0.25) is 15.9 Å². The molecule has 0 aliphatic heterocycles. The number of carbonyl (C=O) groups excluding carboxylic acids is 1. The van der Waals surface area contributed by atoms with Gasteiger partial charge in [-0.25, -0.2) is 8.42 Å². The second kappa shape index (κ2) is 8.23. The average molecular weight is 387 g/mol. The Balaban J connectivity index is 1.82. The van der Waals surface area contributed by atoms with Crippen LogP contribution in [-0.4, -0.2) is 31.7 Å². The van der Waals surface area contributed by atoms with Crippen molar-refractivity contribution in [2.75, 3.05) is 18.4 Å². The predicted molar refractivity (Wildman–Crippen MR) is 107 cm³/mol. The van der Waals surface area contributed by atoms with Crippen molar-refractivity contribution in [1.82, 2.24) is 4.31 Å². The van der Waals surface area contributed by atoms with E-state index in [-0.39, 0.29) is 16.7 Å². The highest BCUT2D eigenvalue weighted by Gasteiger charge is 2.27. The minimum Gasteiger partial charge on any atom is -0.326 e. The van der Waals surface area contributed by atoms with Crippen LogP contribution in [0.3, 0.4) is 0 Å². The van der Waals surface area contributed by atoms with Crippen molar-refractivity contribution in [1.29, 1.82) is 0 Å². The Labute approximate surface area is 161 Å². The molecule has 5 nitrogen and oxygen atoms in total. The molecule has 2 aromatic rings. The quantitative estimate of drug-likeness (QED) is 0.822. The molecule has 144 valence electrons. The molecule has 0 heterocycles. The van der Waals surface area contributed by atoms with Crippen LogP contribution in [0.1, 0.15) is 43.7 Å². The highest BCUT2D eigenvalue weighted by Crippen LogP contribution is 2.32. The van der Waals surface area contributed by atoms with E-state index in [1.165, 1.54) is 9.87 Å². The number of benzene rings is 2. The highest BCUT2D eigenvalue weighted by molar-refractivity contribution is 7.89. The summed E-state index contributed by atoms with van der Waals surface area (Å²) in [6, 6.07) is 14.6. The maximum absolute atomic E-state index is 12.9. The van der Waals surface area contributed by atoms with Crippen LogP contribution in [-0.2, 0) is 21.2 Å². The van der Waals surface area contributed by atoms with E-state index in [0.717, 1.165) is 24.8 Å². The first-order valence-corrected chi connectivity index (χ1v) is 10.9. The van der Waals surface area contributed by atoms with Gasteiger partial charge in [0, 0.05) is 18.8 Å². The van der Waals surface area contributed by atoms with Crippen LogP contribution in [0.25, 0.3) is 0 Å². The first-order valence-electron chi connectivity index (χ1n) is 9.46. The fourth-order valence-electron chi connectivity index (χ4n) is 3.70. The van der Waals surface area contributed by atoms with Gasteiger partial charge in [0.15, 0.2) is 0 Å². The summed E-state index contributed by atoms with van der Waals surface area (Å²) in [6.07, 6.45) is 2.78. The van der Waals surface area contributed by atoms with Gasteiger partial charge in [-0.05, 0) is 48.6 Å². The van der Waals surface area contributed by atoms with Gasteiger partial charge in [0.1, 0.15) is 0 Å². The van der Waals surface area contributed by atoms with E-state index < -0.39 is 10.0 Å². The van der Waals surface area contributed by atoms with Crippen LogP contribution < -0.4 is 5.32 Å². The largest absolute Gasteiger partial charge is 0.326 e. The van der Waals surface area contributed by atoms with E-state index in [0.29, 0.717) is 18.8 Å². The van der Waals surface area contributed by atoms with Crippen LogP contribution in [0.4, 0.5) is 5.69 Å². The van der Waals surface area contributed by atoms with Crippen molar-refractivity contribution >= 4 is 21.6 Å². The Bertz CT molecular complexity index is 921. The molecular weight excluding hydrogens is 360 g/mol. The number of carbonyl (C=O) groups is 1. The van der Waals surface area contributed by atoms with Gasteiger partial charge in [0.25, 0.3) is 0 Å². The molecule has 0 saturated heterocycles. The van der Waals surface area contributed by atoms with Crippen molar-refractivity contribution in [3.63, 3.8) is 0 Å². The van der Waals surface area contributed by atoms with E-state index in [1.807, 2.05) is 32.0 Å². The van der Waals surface area contributed by atoms with Crippen molar-refractivity contribution in [3.8, 4) is 0 Å². The number of nitrogens with zero attached hydrogens (tertiary/aromatic N) is 1. The van der Waals surface area contributed by atoms with Crippen LogP contribution in [0.15, 0.2) is 53.4 Å². The summed E-state index contributed by atoms with van der Waals surface area (Å²) in [5.74, 6) is -0.280. The summed E-state index contributed by atoms with van der Waals surface area (Å²) in [7, 11) is -3.55. The molecule has 1 N–H and O–H groups in total. The summed E-state index contributed by atoms with van der Waals surface area (Å²) in [5, 5.41) is 2.92. The van der Waals surface area contributed by atoms with Gasteiger partial charge in [-0.15, -0.1) is 0 Å². The van der Waals surface area contributed by atoms with E-state index in [1.54, 1.807) is 24.3 Å². The minimum atomic E-state index is -3.55. The summed E-state index contributed by atoms with van der Waals surface area (Å²) in [4.78, 5) is 13.1. The zero-order valence-electron chi connectivity index (χ0n) is 15.8. The first kappa shape index (κ1) is 19.6. The number of sulfonamides is 1. The fourth-order valence-corrected chi connectivity index (χ4v) is 5.21. The number of rotatable bonds is 6. The Hall–Kier alpha value is -2.18. The maximum Gasteiger partial charge on any atom is 0.243 e. The van der Waals surface area contributed by atoms with E-state index in [2.05, 4.69) is 11.4 Å².